The summed E-state index contributed by atoms with van der Waals surface area (Å²) in [7, 11) is 0. The van der Waals surface area contributed by atoms with Gasteiger partial charge in [0.25, 0.3) is 5.91 Å². The molecule has 0 saturated carbocycles. The number of rotatable bonds is 3. The summed E-state index contributed by atoms with van der Waals surface area (Å²) < 4.78 is 0. The number of imide groups is 1. The number of carbonyl (C=O) groups is 3. The highest BCUT2D eigenvalue weighted by Gasteiger charge is 2.49. The molecule has 2 aliphatic rings. The third-order valence-corrected chi connectivity index (χ3v) is 4.41. The van der Waals surface area contributed by atoms with Crippen molar-refractivity contribution in [1.29, 1.82) is 0 Å². The molecule has 116 valence electrons. The third-order valence-electron chi connectivity index (χ3n) is 4.41. The smallest absolute Gasteiger partial charge is 0.325 e. The Morgan fingerprint density at radius 1 is 1.23 bits per heavy atom. The van der Waals surface area contributed by atoms with Gasteiger partial charge in [0.2, 0.25) is 5.91 Å². The van der Waals surface area contributed by atoms with Crippen LogP contribution in [0, 0.1) is 6.92 Å². The zero-order chi connectivity index (χ0) is 15.9. The van der Waals surface area contributed by atoms with Crippen LogP contribution in [0.5, 0.6) is 0 Å². The molecule has 1 aromatic carbocycles. The van der Waals surface area contributed by atoms with E-state index in [4.69, 9.17) is 0 Å². The fourth-order valence-corrected chi connectivity index (χ4v) is 2.72. The van der Waals surface area contributed by atoms with Crippen molar-refractivity contribution in [3.63, 3.8) is 0 Å². The van der Waals surface area contributed by atoms with Crippen LogP contribution in [0.15, 0.2) is 24.3 Å². The quantitative estimate of drug-likeness (QED) is 0.847. The Balaban J connectivity index is 1.80. The van der Waals surface area contributed by atoms with Crippen LogP contribution >= 0.6 is 0 Å². The number of carbonyl (C=O) groups excluding carboxylic acids is 3. The monoisotopic (exact) mass is 301 g/mol. The van der Waals surface area contributed by atoms with Gasteiger partial charge in [0.05, 0.1) is 0 Å². The van der Waals surface area contributed by atoms with Crippen LogP contribution in [0.4, 0.5) is 4.79 Å². The standard InChI is InChI=1S/C16H19N3O3/c1-11-4-6-12(7-5-11)16(2)14(21)19(15(22)17-16)10-13(20)18-8-3-9-18/h4-7H,3,8-10H2,1-2H3,(H,17,22). The van der Waals surface area contributed by atoms with Gasteiger partial charge in [-0.05, 0) is 25.8 Å². The number of aryl methyl sites for hydroxylation is 1. The Morgan fingerprint density at radius 2 is 1.86 bits per heavy atom. The minimum Gasteiger partial charge on any atom is -0.341 e. The molecule has 1 atom stereocenters. The molecule has 2 heterocycles. The van der Waals surface area contributed by atoms with Gasteiger partial charge in [-0.1, -0.05) is 29.8 Å². The highest BCUT2D eigenvalue weighted by atomic mass is 16.2. The van der Waals surface area contributed by atoms with Crippen molar-refractivity contribution in [2.75, 3.05) is 19.6 Å². The molecule has 1 N–H and O–H groups in total. The maximum absolute atomic E-state index is 12.7. The number of benzene rings is 1. The van der Waals surface area contributed by atoms with E-state index in [9.17, 15) is 14.4 Å². The normalized spacial score (nSPS) is 24.3. The van der Waals surface area contributed by atoms with Crippen molar-refractivity contribution in [2.24, 2.45) is 0 Å². The Labute approximate surface area is 129 Å². The van der Waals surface area contributed by atoms with Gasteiger partial charge in [-0.2, -0.15) is 0 Å². The number of likely N-dealkylation sites (tertiary alicyclic amines) is 1. The number of nitrogens with zero attached hydrogens (tertiary/aromatic N) is 2. The summed E-state index contributed by atoms with van der Waals surface area (Å²) in [5.41, 5.74) is 0.685. The average molecular weight is 301 g/mol. The number of hydrogen-bond acceptors (Lipinski definition) is 3. The first-order valence-corrected chi connectivity index (χ1v) is 7.41. The van der Waals surface area contributed by atoms with E-state index >= 15 is 0 Å². The lowest BCUT2D eigenvalue weighted by Crippen LogP contribution is -2.49. The summed E-state index contributed by atoms with van der Waals surface area (Å²) in [6.45, 7) is 4.85. The molecule has 0 aliphatic carbocycles. The molecule has 6 heteroatoms. The third kappa shape index (κ3) is 2.24. The van der Waals surface area contributed by atoms with Crippen LogP contribution < -0.4 is 5.32 Å². The summed E-state index contributed by atoms with van der Waals surface area (Å²) in [4.78, 5) is 39.5. The van der Waals surface area contributed by atoms with Gasteiger partial charge in [0, 0.05) is 13.1 Å². The van der Waals surface area contributed by atoms with Crippen LogP contribution in [-0.4, -0.2) is 47.3 Å². The Bertz CT molecular complexity index is 637. The van der Waals surface area contributed by atoms with E-state index in [1.165, 1.54) is 0 Å². The molecule has 6 nitrogen and oxygen atoms in total. The molecule has 2 fully saturated rings. The van der Waals surface area contributed by atoms with Crippen LogP contribution in [-0.2, 0) is 15.1 Å². The van der Waals surface area contributed by atoms with E-state index in [1.807, 2.05) is 31.2 Å². The minimum absolute atomic E-state index is 0.178. The van der Waals surface area contributed by atoms with Gasteiger partial charge in [-0.25, -0.2) is 4.79 Å². The van der Waals surface area contributed by atoms with Crippen LogP contribution in [0.1, 0.15) is 24.5 Å². The second kappa shape index (κ2) is 5.12. The van der Waals surface area contributed by atoms with Crippen molar-refractivity contribution >= 4 is 17.8 Å². The largest absolute Gasteiger partial charge is 0.341 e. The topological polar surface area (TPSA) is 69.7 Å². The Morgan fingerprint density at radius 3 is 2.41 bits per heavy atom. The van der Waals surface area contributed by atoms with Gasteiger partial charge < -0.3 is 10.2 Å². The second-order valence-electron chi connectivity index (χ2n) is 6.05. The van der Waals surface area contributed by atoms with Gasteiger partial charge >= 0.3 is 6.03 Å². The zero-order valence-corrected chi connectivity index (χ0v) is 12.8. The molecular formula is C16H19N3O3. The van der Waals surface area contributed by atoms with Crippen molar-refractivity contribution in [1.82, 2.24) is 15.1 Å². The summed E-state index contributed by atoms with van der Waals surface area (Å²) >= 11 is 0. The first-order valence-electron chi connectivity index (χ1n) is 7.41. The zero-order valence-electron chi connectivity index (χ0n) is 12.8. The number of amides is 4. The van der Waals surface area contributed by atoms with Crippen molar-refractivity contribution in [3.8, 4) is 0 Å². The molecule has 2 aliphatic heterocycles. The molecule has 0 bridgehead atoms. The van der Waals surface area contributed by atoms with Gasteiger partial charge in [-0.3, -0.25) is 14.5 Å². The molecule has 0 radical (unpaired) electrons. The lowest BCUT2D eigenvalue weighted by molar-refractivity contribution is -0.140. The fraction of sp³-hybridized carbons (Fsp3) is 0.438. The van der Waals surface area contributed by atoms with E-state index in [2.05, 4.69) is 5.32 Å². The molecule has 22 heavy (non-hydrogen) atoms. The van der Waals surface area contributed by atoms with Crippen molar-refractivity contribution < 1.29 is 14.4 Å². The van der Waals surface area contributed by atoms with Crippen LogP contribution in [0.3, 0.4) is 0 Å². The van der Waals surface area contributed by atoms with Crippen molar-refractivity contribution in [3.05, 3.63) is 35.4 Å². The first kappa shape index (κ1) is 14.6. The number of nitrogens with one attached hydrogen (secondary N) is 1. The lowest BCUT2D eigenvalue weighted by atomic mass is 9.91. The summed E-state index contributed by atoms with van der Waals surface area (Å²) in [5.74, 6) is -0.557. The number of urea groups is 1. The molecule has 3 rings (SSSR count). The summed E-state index contributed by atoms with van der Waals surface area (Å²) in [6.07, 6.45) is 0.979. The molecule has 2 saturated heterocycles. The molecule has 1 unspecified atom stereocenters. The SMILES string of the molecule is Cc1ccc(C2(C)NC(=O)N(CC(=O)N3CCC3)C2=O)cc1. The van der Waals surface area contributed by atoms with Gasteiger partial charge in [0.1, 0.15) is 12.1 Å². The maximum Gasteiger partial charge on any atom is 0.325 e. The Hall–Kier alpha value is -2.37. The number of hydrogen-bond donors (Lipinski definition) is 1. The van der Waals surface area contributed by atoms with Crippen molar-refractivity contribution in [2.45, 2.75) is 25.8 Å². The maximum atomic E-state index is 12.7. The average Bonchev–Trinajstić information content (AvgIpc) is 2.62. The molecule has 0 aromatic heterocycles. The van der Waals surface area contributed by atoms with E-state index in [-0.39, 0.29) is 18.4 Å². The van der Waals surface area contributed by atoms with E-state index in [0.717, 1.165) is 22.4 Å². The predicted molar refractivity (Wildman–Crippen MR) is 80.0 cm³/mol. The predicted octanol–water partition coefficient (Wildman–Crippen LogP) is 0.994. The van der Waals surface area contributed by atoms with E-state index < -0.39 is 11.6 Å². The molecule has 1 aromatic rings. The Kier molecular flexibility index (Phi) is 3.39. The fourth-order valence-electron chi connectivity index (χ4n) is 2.72. The summed E-state index contributed by atoms with van der Waals surface area (Å²) in [5, 5.41) is 2.71. The van der Waals surface area contributed by atoms with E-state index in [0.29, 0.717) is 13.1 Å². The molecule has 0 spiro atoms. The minimum atomic E-state index is -1.11. The highest BCUT2D eigenvalue weighted by molar-refractivity contribution is 6.09. The van der Waals surface area contributed by atoms with Gasteiger partial charge in [0.15, 0.2) is 0 Å². The van der Waals surface area contributed by atoms with Crippen LogP contribution in [0.25, 0.3) is 0 Å². The lowest BCUT2D eigenvalue weighted by Gasteiger charge is -2.32. The molecular weight excluding hydrogens is 282 g/mol. The highest BCUT2D eigenvalue weighted by Crippen LogP contribution is 2.29. The first-order chi connectivity index (χ1) is 10.4. The second-order valence-corrected chi connectivity index (χ2v) is 6.05. The molecule has 4 amide bonds. The van der Waals surface area contributed by atoms with Gasteiger partial charge in [-0.15, -0.1) is 0 Å². The van der Waals surface area contributed by atoms with Crippen LogP contribution in [0.2, 0.25) is 0 Å². The summed E-state index contributed by atoms with van der Waals surface area (Å²) in [6, 6.07) is 6.94. The van der Waals surface area contributed by atoms with E-state index in [1.54, 1.807) is 11.8 Å².